The molecule has 4 rings (SSSR count). The molecule has 1 aliphatic rings. The summed E-state index contributed by atoms with van der Waals surface area (Å²) in [6.07, 6.45) is 1.62. The molecule has 1 aromatic heterocycles. The molecule has 2 heterocycles. The Kier molecular flexibility index (Phi) is 4.56. The topological polar surface area (TPSA) is 50.5 Å². The molecule has 3 aromatic rings. The molecule has 1 amide bonds. The average molecular weight is 414 g/mol. The van der Waals surface area contributed by atoms with Crippen LogP contribution < -0.4 is 5.43 Å². The highest BCUT2D eigenvalue weighted by Gasteiger charge is 2.42. The molecule has 1 unspecified atom stereocenters. The number of halogens is 2. The van der Waals surface area contributed by atoms with Gasteiger partial charge in [0, 0.05) is 6.54 Å². The van der Waals surface area contributed by atoms with Gasteiger partial charge in [0.1, 0.15) is 5.58 Å². The predicted octanol–water partition coefficient (Wildman–Crippen LogP) is 5.45. The Balaban J connectivity index is 2.06. The zero-order valence-electron chi connectivity index (χ0n) is 15.4. The number of carbonyl (C=O) groups is 1. The summed E-state index contributed by atoms with van der Waals surface area (Å²) in [5.74, 6) is -0.274. The summed E-state index contributed by atoms with van der Waals surface area (Å²) in [5.41, 5.74) is 3.01. The van der Waals surface area contributed by atoms with Gasteiger partial charge in [-0.1, -0.05) is 41.4 Å². The number of amides is 1. The highest BCUT2D eigenvalue weighted by atomic mass is 35.5. The van der Waals surface area contributed by atoms with Gasteiger partial charge in [0.05, 0.1) is 27.0 Å². The molecule has 142 valence electrons. The lowest BCUT2D eigenvalue weighted by Crippen LogP contribution is -2.29. The summed E-state index contributed by atoms with van der Waals surface area (Å²) in [5, 5.41) is 1.25. The summed E-state index contributed by atoms with van der Waals surface area (Å²) >= 11 is 12.3. The molecule has 0 radical (unpaired) electrons. The minimum atomic E-state index is -0.614. The molecule has 1 aliphatic heterocycles. The van der Waals surface area contributed by atoms with Crippen LogP contribution in [0.15, 0.2) is 52.2 Å². The van der Waals surface area contributed by atoms with Crippen molar-refractivity contribution in [3.63, 3.8) is 0 Å². The number of nitrogens with zero attached hydrogens (tertiary/aromatic N) is 1. The van der Waals surface area contributed by atoms with Crippen molar-refractivity contribution in [1.82, 2.24) is 4.90 Å². The fraction of sp³-hybridized carbons (Fsp3) is 0.182. The molecule has 0 fully saturated rings. The maximum absolute atomic E-state index is 13.5. The fourth-order valence-electron chi connectivity index (χ4n) is 3.87. The van der Waals surface area contributed by atoms with Gasteiger partial charge < -0.3 is 9.32 Å². The van der Waals surface area contributed by atoms with Crippen LogP contribution in [0, 0.1) is 13.8 Å². The fourth-order valence-corrected chi connectivity index (χ4v) is 4.18. The molecule has 6 heteroatoms. The molecule has 4 nitrogen and oxygen atoms in total. The molecule has 0 saturated heterocycles. The van der Waals surface area contributed by atoms with Crippen molar-refractivity contribution in [2.45, 2.75) is 19.9 Å². The van der Waals surface area contributed by atoms with Gasteiger partial charge in [-0.25, -0.2) is 0 Å². The summed E-state index contributed by atoms with van der Waals surface area (Å²) in [4.78, 5) is 28.1. The maximum atomic E-state index is 13.5. The van der Waals surface area contributed by atoms with Crippen molar-refractivity contribution in [2.24, 2.45) is 0 Å². The molecule has 2 aromatic carbocycles. The van der Waals surface area contributed by atoms with E-state index in [1.165, 1.54) is 0 Å². The first-order valence-electron chi connectivity index (χ1n) is 8.78. The Morgan fingerprint density at radius 2 is 1.89 bits per heavy atom. The lowest BCUT2D eigenvalue weighted by Gasteiger charge is -2.24. The Labute approximate surface area is 172 Å². The van der Waals surface area contributed by atoms with Crippen molar-refractivity contribution in [1.29, 1.82) is 0 Å². The highest BCUT2D eigenvalue weighted by molar-refractivity contribution is 6.42. The minimum absolute atomic E-state index is 0.0698. The first kappa shape index (κ1) is 18.8. The van der Waals surface area contributed by atoms with E-state index < -0.39 is 6.04 Å². The predicted molar refractivity (Wildman–Crippen MR) is 111 cm³/mol. The summed E-state index contributed by atoms with van der Waals surface area (Å²) in [6, 6.07) is 8.20. The smallest absolute Gasteiger partial charge is 0.291 e. The zero-order valence-corrected chi connectivity index (χ0v) is 16.9. The van der Waals surface area contributed by atoms with E-state index in [0.717, 1.165) is 11.1 Å². The van der Waals surface area contributed by atoms with E-state index in [1.807, 2.05) is 19.9 Å². The van der Waals surface area contributed by atoms with E-state index in [1.54, 1.807) is 35.2 Å². The molecule has 0 saturated carbocycles. The second-order valence-electron chi connectivity index (χ2n) is 6.95. The number of aryl methyl sites for hydroxylation is 2. The van der Waals surface area contributed by atoms with Gasteiger partial charge in [0.15, 0.2) is 5.43 Å². The molecule has 0 bridgehead atoms. The van der Waals surface area contributed by atoms with Crippen molar-refractivity contribution < 1.29 is 9.21 Å². The van der Waals surface area contributed by atoms with Crippen molar-refractivity contribution in [2.75, 3.05) is 6.54 Å². The molecule has 0 spiro atoms. The average Bonchev–Trinajstić information content (AvgIpc) is 2.90. The van der Waals surface area contributed by atoms with Crippen LogP contribution in [0.1, 0.15) is 38.9 Å². The number of hydrogen-bond acceptors (Lipinski definition) is 3. The summed E-state index contributed by atoms with van der Waals surface area (Å²) in [6.45, 7) is 7.79. The third kappa shape index (κ3) is 2.76. The SMILES string of the molecule is C=CCN1C(=O)c2oc3cc(C)cc(C)c3c(=O)c2C1c1ccc(Cl)c(Cl)c1. The van der Waals surface area contributed by atoms with Crippen molar-refractivity contribution in [3.05, 3.63) is 91.3 Å². The zero-order chi connectivity index (χ0) is 20.2. The lowest BCUT2D eigenvalue weighted by atomic mass is 9.97. The van der Waals surface area contributed by atoms with E-state index in [0.29, 0.717) is 32.1 Å². The van der Waals surface area contributed by atoms with Crippen molar-refractivity contribution in [3.8, 4) is 0 Å². The quantitative estimate of drug-likeness (QED) is 0.536. The number of benzene rings is 2. The van der Waals surface area contributed by atoms with Crippen LogP contribution in [0.4, 0.5) is 0 Å². The third-order valence-corrected chi connectivity index (χ3v) is 5.74. The Bertz CT molecular complexity index is 1210. The molecule has 1 atom stereocenters. The van der Waals surface area contributed by atoms with Gasteiger partial charge in [-0.05, 0) is 48.7 Å². The lowest BCUT2D eigenvalue weighted by molar-refractivity contribution is 0.0748. The van der Waals surface area contributed by atoms with E-state index >= 15 is 0 Å². The van der Waals surface area contributed by atoms with Crippen LogP contribution in [-0.2, 0) is 0 Å². The summed E-state index contributed by atoms with van der Waals surface area (Å²) < 4.78 is 5.96. The Morgan fingerprint density at radius 3 is 2.57 bits per heavy atom. The second-order valence-corrected chi connectivity index (χ2v) is 7.77. The largest absolute Gasteiger partial charge is 0.450 e. The van der Waals surface area contributed by atoms with E-state index in [-0.39, 0.29) is 23.6 Å². The second kappa shape index (κ2) is 6.80. The van der Waals surface area contributed by atoms with Gasteiger partial charge in [-0.2, -0.15) is 0 Å². The van der Waals surface area contributed by atoms with Crippen LogP contribution in [-0.4, -0.2) is 17.4 Å². The number of fused-ring (bicyclic) bond motifs is 2. The van der Waals surface area contributed by atoms with Gasteiger partial charge in [0.25, 0.3) is 5.91 Å². The molecular weight excluding hydrogens is 397 g/mol. The van der Waals surface area contributed by atoms with Crippen LogP contribution >= 0.6 is 23.2 Å². The van der Waals surface area contributed by atoms with Crippen LogP contribution in [0.25, 0.3) is 11.0 Å². The first-order chi connectivity index (χ1) is 13.3. The van der Waals surface area contributed by atoms with E-state index in [4.69, 9.17) is 27.6 Å². The van der Waals surface area contributed by atoms with Gasteiger partial charge in [-0.15, -0.1) is 6.58 Å². The highest BCUT2D eigenvalue weighted by Crippen LogP contribution is 2.40. The van der Waals surface area contributed by atoms with Gasteiger partial charge >= 0.3 is 0 Å². The van der Waals surface area contributed by atoms with Crippen molar-refractivity contribution >= 4 is 40.1 Å². The summed E-state index contributed by atoms with van der Waals surface area (Å²) in [7, 11) is 0. The van der Waals surface area contributed by atoms with Crippen LogP contribution in [0.3, 0.4) is 0 Å². The van der Waals surface area contributed by atoms with Crippen LogP contribution in [0.2, 0.25) is 10.0 Å². The van der Waals surface area contributed by atoms with Gasteiger partial charge in [-0.3, -0.25) is 9.59 Å². The van der Waals surface area contributed by atoms with Crippen LogP contribution in [0.5, 0.6) is 0 Å². The standard InChI is InChI=1S/C22H17Cl2NO3/c1-4-7-25-19(13-5-6-14(23)15(24)10-13)18-20(26)17-12(3)8-11(2)9-16(17)28-21(18)22(25)27/h4-6,8-10,19H,1,7H2,2-3H3. The Morgan fingerprint density at radius 1 is 1.14 bits per heavy atom. The van der Waals surface area contributed by atoms with Gasteiger partial charge in [0.2, 0.25) is 5.76 Å². The maximum Gasteiger partial charge on any atom is 0.291 e. The molecule has 28 heavy (non-hydrogen) atoms. The van der Waals surface area contributed by atoms with E-state index in [2.05, 4.69) is 6.58 Å². The van der Waals surface area contributed by atoms with E-state index in [9.17, 15) is 9.59 Å². The first-order valence-corrected chi connectivity index (χ1v) is 9.54. The molecule has 0 N–H and O–H groups in total. The normalized spacial score (nSPS) is 15.9. The number of rotatable bonds is 3. The molecule has 0 aliphatic carbocycles. The minimum Gasteiger partial charge on any atom is -0.450 e. The number of hydrogen-bond donors (Lipinski definition) is 0. The Hall–Kier alpha value is -2.56. The monoisotopic (exact) mass is 413 g/mol. The molecular formula is C22H17Cl2NO3. The third-order valence-electron chi connectivity index (χ3n) is 5.00. The number of carbonyl (C=O) groups excluding carboxylic acids is 1.